The van der Waals surface area contributed by atoms with Crippen molar-refractivity contribution in [1.82, 2.24) is 0 Å². The lowest BCUT2D eigenvalue weighted by Crippen LogP contribution is -1.54. The van der Waals surface area contributed by atoms with Crippen LogP contribution in [-0.2, 0) is 0 Å². The lowest BCUT2D eigenvalue weighted by atomic mass is 10.3. The lowest BCUT2D eigenvalue weighted by Gasteiger charge is -1.73. The van der Waals surface area contributed by atoms with Crippen LogP contribution in [0.5, 0.6) is 0 Å². The summed E-state index contributed by atoms with van der Waals surface area (Å²) in [4.78, 5) is 0. The van der Waals surface area contributed by atoms with Crippen LogP contribution in [-0.4, -0.2) is 0 Å². The van der Waals surface area contributed by atoms with E-state index in [0.29, 0.717) is 0 Å². The van der Waals surface area contributed by atoms with Gasteiger partial charge in [-0.05, 0) is 6.42 Å². The van der Waals surface area contributed by atoms with E-state index >= 15 is 0 Å². The SMILES string of the molecule is C#CC/C=C/CC. The Bertz CT molecular complexity index is 82.7. The largest absolute Gasteiger partial charge is 0.120 e. The summed E-state index contributed by atoms with van der Waals surface area (Å²) in [6, 6.07) is 0. The predicted octanol–water partition coefficient (Wildman–Crippen LogP) is 1.98. The van der Waals surface area contributed by atoms with Crippen molar-refractivity contribution in [2.45, 2.75) is 19.8 Å². The van der Waals surface area contributed by atoms with Gasteiger partial charge in [0.1, 0.15) is 0 Å². The van der Waals surface area contributed by atoms with Crippen molar-refractivity contribution >= 4 is 0 Å². The topological polar surface area (TPSA) is 0 Å². The van der Waals surface area contributed by atoms with Gasteiger partial charge in [0.15, 0.2) is 0 Å². The van der Waals surface area contributed by atoms with Crippen LogP contribution >= 0.6 is 0 Å². The fraction of sp³-hybridized carbons (Fsp3) is 0.429. The van der Waals surface area contributed by atoms with Gasteiger partial charge in [-0.1, -0.05) is 19.1 Å². The van der Waals surface area contributed by atoms with Crippen LogP contribution in [0.4, 0.5) is 0 Å². The summed E-state index contributed by atoms with van der Waals surface area (Å²) in [5.41, 5.74) is 0. The third kappa shape index (κ3) is 5.30. The van der Waals surface area contributed by atoms with E-state index in [4.69, 9.17) is 6.42 Å². The summed E-state index contributed by atoms with van der Waals surface area (Å²) >= 11 is 0. The Morgan fingerprint density at radius 2 is 2.29 bits per heavy atom. The normalized spacial score (nSPS) is 9.14. The smallest absolute Gasteiger partial charge is 0.0267 e. The maximum Gasteiger partial charge on any atom is 0.0267 e. The third-order valence-corrected chi connectivity index (χ3v) is 0.638. The molecular weight excluding hydrogens is 84.1 g/mol. The molecule has 0 aromatic carbocycles. The number of hydrogen-bond acceptors (Lipinski definition) is 0. The van der Waals surface area contributed by atoms with Crippen molar-refractivity contribution in [3.63, 3.8) is 0 Å². The highest BCUT2D eigenvalue weighted by molar-refractivity contribution is 4.95. The maximum atomic E-state index is 4.97. The van der Waals surface area contributed by atoms with Crippen molar-refractivity contribution in [3.05, 3.63) is 12.2 Å². The Morgan fingerprint density at radius 3 is 2.71 bits per heavy atom. The Balaban J connectivity index is 2.97. The van der Waals surface area contributed by atoms with E-state index in [9.17, 15) is 0 Å². The average molecular weight is 94.2 g/mol. The molecule has 0 aliphatic heterocycles. The molecule has 0 nitrogen and oxygen atoms in total. The van der Waals surface area contributed by atoms with E-state index in [2.05, 4.69) is 18.9 Å². The van der Waals surface area contributed by atoms with E-state index in [1.807, 2.05) is 6.08 Å². The molecule has 0 spiro atoms. The van der Waals surface area contributed by atoms with Gasteiger partial charge in [0.2, 0.25) is 0 Å². The number of hydrogen-bond donors (Lipinski definition) is 0. The first-order chi connectivity index (χ1) is 3.41. The predicted molar refractivity (Wildman–Crippen MR) is 32.9 cm³/mol. The maximum absolute atomic E-state index is 4.97. The first-order valence-electron chi connectivity index (χ1n) is 2.50. The average Bonchev–Trinajstić information content (AvgIpc) is 1.69. The molecule has 0 amide bonds. The summed E-state index contributed by atoms with van der Waals surface area (Å²) in [5, 5.41) is 0. The molecule has 0 aromatic rings. The second-order valence-electron chi connectivity index (χ2n) is 1.29. The molecular formula is C7H10. The highest BCUT2D eigenvalue weighted by atomic mass is 13.7. The van der Waals surface area contributed by atoms with Gasteiger partial charge in [-0.2, -0.15) is 0 Å². The molecule has 38 valence electrons. The van der Waals surface area contributed by atoms with E-state index in [1.165, 1.54) is 0 Å². The molecule has 0 aliphatic carbocycles. The van der Waals surface area contributed by atoms with Gasteiger partial charge in [0.05, 0.1) is 0 Å². The standard InChI is InChI=1S/C7H10/c1-3-5-7-6-4-2/h1,6-7H,4-5H2,2H3/b7-6+. The molecule has 0 fully saturated rings. The number of terminal acetylenes is 1. The van der Waals surface area contributed by atoms with Crippen LogP contribution in [0.3, 0.4) is 0 Å². The molecule has 0 atom stereocenters. The number of allylic oxidation sites excluding steroid dienone is 2. The van der Waals surface area contributed by atoms with Crippen LogP contribution < -0.4 is 0 Å². The van der Waals surface area contributed by atoms with Gasteiger partial charge >= 0.3 is 0 Å². The Hall–Kier alpha value is -0.700. The first-order valence-corrected chi connectivity index (χ1v) is 2.50. The molecule has 0 aliphatic rings. The van der Waals surface area contributed by atoms with Crippen LogP contribution in [0, 0.1) is 12.3 Å². The highest BCUT2D eigenvalue weighted by Crippen LogP contribution is 1.81. The first kappa shape index (κ1) is 6.30. The van der Waals surface area contributed by atoms with Gasteiger partial charge < -0.3 is 0 Å². The molecule has 0 rings (SSSR count). The molecule has 0 aromatic heterocycles. The second kappa shape index (κ2) is 5.30. The molecule has 0 saturated heterocycles. The van der Waals surface area contributed by atoms with Gasteiger partial charge in [0.25, 0.3) is 0 Å². The third-order valence-electron chi connectivity index (χ3n) is 0.638. The molecule has 7 heavy (non-hydrogen) atoms. The Kier molecular flexibility index (Phi) is 4.77. The molecule has 0 radical (unpaired) electrons. The second-order valence-corrected chi connectivity index (χ2v) is 1.29. The number of rotatable bonds is 2. The summed E-state index contributed by atoms with van der Waals surface area (Å²) in [7, 11) is 0. The summed E-state index contributed by atoms with van der Waals surface area (Å²) in [5.74, 6) is 2.52. The van der Waals surface area contributed by atoms with E-state index in [-0.39, 0.29) is 0 Å². The minimum absolute atomic E-state index is 0.772. The minimum atomic E-state index is 0.772. The van der Waals surface area contributed by atoms with Crippen molar-refractivity contribution in [2.24, 2.45) is 0 Å². The molecule has 0 N–H and O–H groups in total. The van der Waals surface area contributed by atoms with Crippen LogP contribution in [0.25, 0.3) is 0 Å². The molecule has 0 saturated carbocycles. The van der Waals surface area contributed by atoms with Gasteiger partial charge in [-0.15, -0.1) is 12.3 Å². The minimum Gasteiger partial charge on any atom is -0.120 e. The van der Waals surface area contributed by atoms with Crippen LogP contribution in [0.2, 0.25) is 0 Å². The van der Waals surface area contributed by atoms with Crippen molar-refractivity contribution < 1.29 is 0 Å². The van der Waals surface area contributed by atoms with Crippen molar-refractivity contribution in [2.75, 3.05) is 0 Å². The molecule has 0 heteroatoms. The van der Waals surface area contributed by atoms with E-state index < -0.39 is 0 Å². The zero-order valence-corrected chi connectivity index (χ0v) is 4.65. The van der Waals surface area contributed by atoms with Gasteiger partial charge in [0, 0.05) is 6.42 Å². The zero-order valence-electron chi connectivity index (χ0n) is 4.65. The van der Waals surface area contributed by atoms with E-state index in [1.54, 1.807) is 0 Å². The molecule has 0 unspecified atom stereocenters. The summed E-state index contributed by atoms with van der Waals surface area (Å²) < 4.78 is 0. The van der Waals surface area contributed by atoms with E-state index in [0.717, 1.165) is 12.8 Å². The quantitative estimate of drug-likeness (QED) is 0.362. The van der Waals surface area contributed by atoms with Crippen LogP contribution in [0.15, 0.2) is 12.2 Å². The van der Waals surface area contributed by atoms with Gasteiger partial charge in [-0.25, -0.2) is 0 Å². The zero-order chi connectivity index (χ0) is 5.54. The fourth-order valence-corrected chi connectivity index (χ4v) is 0.318. The summed E-state index contributed by atoms with van der Waals surface area (Å²) in [6.45, 7) is 2.09. The van der Waals surface area contributed by atoms with Crippen LogP contribution in [0.1, 0.15) is 19.8 Å². The fourth-order valence-electron chi connectivity index (χ4n) is 0.318. The monoisotopic (exact) mass is 94.1 g/mol. The molecule has 0 bridgehead atoms. The molecule has 0 heterocycles. The van der Waals surface area contributed by atoms with Crippen molar-refractivity contribution in [1.29, 1.82) is 0 Å². The van der Waals surface area contributed by atoms with Gasteiger partial charge in [-0.3, -0.25) is 0 Å². The lowest BCUT2D eigenvalue weighted by molar-refractivity contribution is 1.21. The Labute approximate surface area is 45.2 Å². The Morgan fingerprint density at radius 1 is 1.57 bits per heavy atom. The summed E-state index contributed by atoms with van der Waals surface area (Å²) in [6.07, 6.45) is 10.9. The van der Waals surface area contributed by atoms with Crippen molar-refractivity contribution in [3.8, 4) is 12.3 Å². The highest BCUT2D eigenvalue weighted by Gasteiger charge is 1.63.